The van der Waals surface area contributed by atoms with Crippen LogP contribution in [0.1, 0.15) is 0 Å². The Balaban J connectivity index is 1.03. The molecule has 3 aromatic heterocycles. The molecule has 0 saturated heterocycles. The summed E-state index contributed by atoms with van der Waals surface area (Å²) >= 11 is 0. The molecule has 0 spiro atoms. The van der Waals surface area contributed by atoms with Gasteiger partial charge >= 0.3 is 0 Å². The van der Waals surface area contributed by atoms with Gasteiger partial charge in [0, 0.05) is 40.2 Å². The lowest BCUT2D eigenvalue weighted by atomic mass is 9.90. The Morgan fingerprint density at radius 3 is 1.09 bits per heavy atom. The first-order valence-electron chi connectivity index (χ1n) is 19.3. The quantitative estimate of drug-likeness (QED) is 0.155. The first-order chi connectivity index (χ1) is 28.7. The van der Waals surface area contributed by atoms with Crippen molar-refractivity contribution < 1.29 is 0 Å². The summed E-state index contributed by atoms with van der Waals surface area (Å²) in [5.74, 6) is 1.89. The number of pyridine rings is 2. The first kappa shape index (κ1) is 34.6. The van der Waals surface area contributed by atoms with Crippen LogP contribution in [0.3, 0.4) is 0 Å². The Labute approximate surface area is 337 Å². The minimum atomic E-state index is 0.624. The van der Waals surface area contributed by atoms with Gasteiger partial charge in [-0.05, 0) is 86.6 Å². The molecule has 272 valence electrons. The zero-order chi connectivity index (χ0) is 38.7. The van der Waals surface area contributed by atoms with E-state index in [1.54, 1.807) is 0 Å². The molecular formula is C53H35N5. The van der Waals surface area contributed by atoms with Crippen LogP contribution in [0.25, 0.3) is 101 Å². The molecule has 0 N–H and O–H groups in total. The summed E-state index contributed by atoms with van der Waals surface area (Å²) < 4.78 is 0. The lowest BCUT2D eigenvalue weighted by Crippen LogP contribution is -2.00. The molecule has 10 aromatic rings. The van der Waals surface area contributed by atoms with Crippen LogP contribution in [0.5, 0.6) is 0 Å². The molecule has 58 heavy (non-hydrogen) atoms. The molecule has 5 nitrogen and oxygen atoms in total. The fourth-order valence-corrected chi connectivity index (χ4v) is 7.54. The van der Waals surface area contributed by atoms with Crippen molar-refractivity contribution in [3.05, 3.63) is 213 Å². The van der Waals surface area contributed by atoms with Crippen molar-refractivity contribution in [3.8, 4) is 90.1 Å². The smallest absolute Gasteiger partial charge is 0.164 e. The van der Waals surface area contributed by atoms with Crippen LogP contribution < -0.4 is 0 Å². The van der Waals surface area contributed by atoms with Crippen LogP contribution in [-0.2, 0) is 0 Å². The fourth-order valence-electron chi connectivity index (χ4n) is 7.54. The second kappa shape index (κ2) is 15.3. The van der Waals surface area contributed by atoms with E-state index >= 15 is 0 Å². The Bertz CT molecular complexity index is 2950. The topological polar surface area (TPSA) is 64.5 Å². The average molecular weight is 742 g/mol. The molecule has 0 aliphatic rings. The second-order valence-electron chi connectivity index (χ2n) is 14.1. The van der Waals surface area contributed by atoms with Crippen LogP contribution in [-0.4, -0.2) is 24.9 Å². The van der Waals surface area contributed by atoms with Crippen molar-refractivity contribution >= 4 is 10.8 Å². The molecule has 0 atom stereocenters. The summed E-state index contributed by atoms with van der Waals surface area (Å²) in [7, 11) is 0. The Morgan fingerprint density at radius 2 is 0.603 bits per heavy atom. The predicted molar refractivity (Wildman–Crippen MR) is 236 cm³/mol. The van der Waals surface area contributed by atoms with Gasteiger partial charge in [0.15, 0.2) is 17.5 Å². The molecular weight excluding hydrogens is 707 g/mol. The van der Waals surface area contributed by atoms with Gasteiger partial charge in [-0.15, -0.1) is 0 Å². The van der Waals surface area contributed by atoms with Crippen LogP contribution in [0.15, 0.2) is 213 Å². The molecule has 0 saturated carbocycles. The van der Waals surface area contributed by atoms with Gasteiger partial charge < -0.3 is 0 Å². The van der Waals surface area contributed by atoms with E-state index in [1.807, 2.05) is 73.1 Å². The van der Waals surface area contributed by atoms with E-state index in [0.717, 1.165) is 67.0 Å². The Kier molecular flexibility index (Phi) is 9.14. The van der Waals surface area contributed by atoms with E-state index in [4.69, 9.17) is 15.0 Å². The van der Waals surface area contributed by atoms with E-state index < -0.39 is 0 Å². The lowest BCUT2D eigenvalue weighted by molar-refractivity contribution is 1.07. The number of benzene rings is 7. The van der Waals surface area contributed by atoms with Crippen molar-refractivity contribution in [1.82, 2.24) is 24.9 Å². The van der Waals surface area contributed by atoms with Gasteiger partial charge in [0.2, 0.25) is 0 Å². The Morgan fingerprint density at radius 1 is 0.241 bits per heavy atom. The molecule has 0 amide bonds. The van der Waals surface area contributed by atoms with E-state index in [0.29, 0.717) is 17.5 Å². The van der Waals surface area contributed by atoms with Crippen molar-refractivity contribution in [2.45, 2.75) is 0 Å². The standard InChI is InChI=1S/C53H35N5/c1-3-13-36(14-4-1)37-21-25-40(26-22-37)52-56-51(39-15-5-2-6-16-39)57-53(58-52)41-27-23-38(24-28-41)45-29-30-46(48-18-8-7-17-47(45)48)42-33-43(49-19-9-11-31-54-49)35-44(34-42)50-20-10-12-32-55-50/h1-35H. The summed E-state index contributed by atoms with van der Waals surface area (Å²) in [6.45, 7) is 0. The van der Waals surface area contributed by atoms with Gasteiger partial charge in [-0.25, -0.2) is 15.0 Å². The highest BCUT2D eigenvalue weighted by Gasteiger charge is 2.16. The van der Waals surface area contributed by atoms with E-state index in [1.165, 1.54) is 16.3 Å². The average Bonchev–Trinajstić information content (AvgIpc) is 3.32. The van der Waals surface area contributed by atoms with Crippen LogP contribution >= 0.6 is 0 Å². The largest absolute Gasteiger partial charge is 0.256 e. The van der Waals surface area contributed by atoms with Crippen molar-refractivity contribution in [2.24, 2.45) is 0 Å². The molecule has 0 unspecified atom stereocenters. The second-order valence-corrected chi connectivity index (χ2v) is 14.1. The highest BCUT2D eigenvalue weighted by atomic mass is 15.0. The predicted octanol–water partition coefficient (Wildman–Crippen LogP) is 13.2. The molecule has 0 fully saturated rings. The monoisotopic (exact) mass is 741 g/mol. The van der Waals surface area contributed by atoms with E-state index in [9.17, 15) is 0 Å². The normalized spacial score (nSPS) is 11.1. The minimum absolute atomic E-state index is 0.624. The van der Waals surface area contributed by atoms with Crippen LogP contribution in [0.4, 0.5) is 0 Å². The van der Waals surface area contributed by atoms with Gasteiger partial charge in [-0.3, -0.25) is 9.97 Å². The zero-order valence-corrected chi connectivity index (χ0v) is 31.4. The molecule has 3 heterocycles. The number of hydrogen-bond donors (Lipinski definition) is 0. The summed E-state index contributed by atoms with van der Waals surface area (Å²) in [5.41, 5.74) is 13.5. The number of rotatable bonds is 8. The first-order valence-corrected chi connectivity index (χ1v) is 19.3. The third kappa shape index (κ3) is 6.93. The van der Waals surface area contributed by atoms with Crippen molar-refractivity contribution in [2.75, 3.05) is 0 Å². The van der Waals surface area contributed by atoms with Gasteiger partial charge in [0.1, 0.15) is 0 Å². The summed E-state index contributed by atoms with van der Waals surface area (Å²) in [4.78, 5) is 24.3. The molecule has 0 aliphatic heterocycles. The van der Waals surface area contributed by atoms with Gasteiger partial charge in [-0.1, -0.05) is 158 Å². The fraction of sp³-hybridized carbons (Fsp3) is 0. The summed E-state index contributed by atoms with van der Waals surface area (Å²) in [5, 5.41) is 2.34. The zero-order valence-electron chi connectivity index (χ0n) is 31.4. The van der Waals surface area contributed by atoms with E-state index in [-0.39, 0.29) is 0 Å². The number of fused-ring (bicyclic) bond motifs is 1. The number of hydrogen-bond acceptors (Lipinski definition) is 5. The van der Waals surface area contributed by atoms with Crippen molar-refractivity contribution in [1.29, 1.82) is 0 Å². The maximum Gasteiger partial charge on any atom is 0.164 e. The molecule has 5 heteroatoms. The van der Waals surface area contributed by atoms with Crippen LogP contribution in [0, 0.1) is 0 Å². The van der Waals surface area contributed by atoms with Crippen LogP contribution in [0.2, 0.25) is 0 Å². The highest BCUT2D eigenvalue weighted by molar-refractivity contribution is 6.05. The molecule has 0 bridgehead atoms. The molecule has 0 radical (unpaired) electrons. The third-order valence-electron chi connectivity index (χ3n) is 10.5. The lowest BCUT2D eigenvalue weighted by Gasteiger charge is -2.15. The summed E-state index contributed by atoms with van der Waals surface area (Å²) in [6, 6.07) is 69.2. The summed E-state index contributed by atoms with van der Waals surface area (Å²) in [6.07, 6.45) is 3.68. The number of aromatic nitrogens is 5. The van der Waals surface area contributed by atoms with Gasteiger partial charge in [-0.2, -0.15) is 0 Å². The van der Waals surface area contributed by atoms with E-state index in [2.05, 4.69) is 149 Å². The molecule has 10 rings (SSSR count). The third-order valence-corrected chi connectivity index (χ3v) is 10.5. The van der Waals surface area contributed by atoms with Gasteiger partial charge in [0.25, 0.3) is 0 Å². The number of nitrogens with zero attached hydrogens (tertiary/aromatic N) is 5. The molecule has 7 aromatic carbocycles. The maximum atomic E-state index is 5.03. The van der Waals surface area contributed by atoms with Crippen molar-refractivity contribution in [3.63, 3.8) is 0 Å². The minimum Gasteiger partial charge on any atom is -0.256 e. The maximum absolute atomic E-state index is 5.03. The molecule has 0 aliphatic carbocycles. The Hall–Kier alpha value is -7.89. The highest BCUT2D eigenvalue weighted by Crippen LogP contribution is 2.39. The SMILES string of the molecule is c1ccc(-c2ccc(-c3nc(-c4ccccc4)nc(-c4ccc(-c5ccc(-c6cc(-c7ccccn7)cc(-c7ccccn7)c6)c6ccccc56)cc4)n3)cc2)cc1. The van der Waals surface area contributed by atoms with Gasteiger partial charge in [0.05, 0.1) is 11.4 Å².